The number of carbonyl (C=O) groups excluding carboxylic acids is 2. The van der Waals surface area contributed by atoms with Gasteiger partial charge < -0.3 is 19.7 Å². The first kappa shape index (κ1) is 20.8. The third-order valence-electron chi connectivity index (χ3n) is 5.86. The fraction of sp³-hybridized carbons (Fsp3) is 0.240. The lowest BCUT2D eigenvalue weighted by Crippen LogP contribution is -2.40. The molecule has 8 nitrogen and oxygen atoms in total. The van der Waals surface area contributed by atoms with E-state index in [0.717, 1.165) is 11.3 Å². The van der Waals surface area contributed by atoms with Crippen LogP contribution in [0.2, 0.25) is 0 Å². The van der Waals surface area contributed by atoms with Gasteiger partial charge in [-0.2, -0.15) is 5.10 Å². The number of fused-ring (bicyclic) bond motifs is 1. The van der Waals surface area contributed by atoms with Crippen LogP contribution in [0.5, 0.6) is 11.5 Å². The van der Waals surface area contributed by atoms with E-state index < -0.39 is 0 Å². The maximum absolute atomic E-state index is 12.7. The van der Waals surface area contributed by atoms with Crippen LogP contribution in [0.4, 0.5) is 5.69 Å². The number of nitrogens with one attached hydrogen (secondary N) is 1. The third kappa shape index (κ3) is 4.74. The maximum Gasteiger partial charge on any atom is 0.246 e. The van der Waals surface area contributed by atoms with E-state index in [1.54, 1.807) is 46.1 Å². The van der Waals surface area contributed by atoms with E-state index in [-0.39, 0.29) is 24.5 Å². The highest BCUT2D eigenvalue weighted by molar-refractivity contribution is 5.94. The molecule has 8 heteroatoms. The van der Waals surface area contributed by atoms with Gasteiger partial charge in [-0.3, -0.25) is 9.59 Å². The van der Waals surface area contributed by atoms with Gasteiger partial charge in [0.2, 0.25) is 18.6 Å². The molecule has 0 saturated carbocycles. The molecule has 3 heterocycles. The average molecular weight is 444 g/mol. The topological polar surface area (TPSA) is 85.7 Å². The number of anilines is 1. The molecule has 2 aromatic carbocycles. The molecule has 168 valence electrons. The maximum atomic E-state index is 12.7. The number of benzene rings is 2. The van der Waals surface area contributed by atoms with Crippen molar-refractivity contribution >= 4 is 23.6 Å². The van der Waals surface area contributed by atoms with Crippen molar-refractivity contribution in [3.8, 4) is 17.2 Å². The molecular weight excluding hydrogens is 420 g/mol. The van der Waals surface area contributed by atoms with Crippen LogP contribution in [0.3, 0.4) is 0 Å². The number of hydrogen-bond acceptors (Lipinski definition) is 5. The summed E-state index contributed by atoms with van der Waals surface area (Å²) in [6.07, 6.45) is 8.20. The second kappa shape index (κ2) is 9.20. The summed E-state index contributed by atoms with van der Waals surface area (Å²) in [5.74, 6) is 1.09. The number of para-hydroxylation sites is 1. The minimum absolute atomic E-state index is 0.0372. The first-order valence-electron chi connectivity index (χ1n) is 10.9. The highest BCUT2D eigenvalue weighted by atomic mass is 16.7. The van der Waals surface area contributed by atoms with Crippen molar-refractivity contribution in [1.29, 1.82) is 0 Å². The van der Waals surface area contributed by atoms with Gasteiger partial charge in [-0.15, -0.1) is 0 Å². The molecule has 0 radical (unpaired) electrons. The van der Waals surface area contributed by atoms with Crippen molar-refractivity contribution in [2.45, 2.75) is 12.8 Å². The molecular formula is C25H24N4O4. The molecule has 2 amide bonds. The molecule has 1 saturated heterocycles. The molecule has 1 aromatic heterocycles. The molecule has 1 N–H and O–H groups in total. The van der Waals surface area contributed by atoms with E-state index in [1.807, 2.05) is 36.5 Å². The number of hydrogen-bond donors (Lipinski definition) is 1. The van der Waals surface area contributed by atoms with Crippen molar-refractivity contribution in [2.75, 3.05) is 25.2 Å². The number of piperidine rings is 1. The first-order valence-corrected chi connectivity index (χ1v) is 10.9. The van der Waals surface area contributed by atoms with Crippen molar-refractivity contribution in [2.24, 2.45) is 5.92 Å². The Morgan fingerprint density at radius 3 is 2.64 bits per heavy atom. The van der Waals surface area contributed by atoms with Crippen LogP contribution in [0.25, 0.3) is 11.8 Å². The van der Waals surface area contributed by atoms with Gasteiger partial charge >= 0.3 is 0 Å². The number of likely N-dealkylation sites (tertiary alicyclic amines) is 1. The Morgan fingerprint density at radius 1 is 1.03 bits per heavy atom. The van der Waals surface area contributed by atoms with Gasteiger partial charge in [0.1, 0.15) is 0 Å². The Bertz CT molecular complexity index is 1180. The zero-order valence-electron chi connectivity index (χ0n) is 18.0. The lowest BCUT2D eigenvalue weighted by atomic mass is 9.95. The van der Waals surface area contributed by atoms with E-state index in [9.17, 15) is 9.59 Å². The summed E-state index contributed by atoms with van der Waals surface area (Å²) in [4.78, 5) is 27.1. The van der Waals surface area contributed by atoms with E-state index in [2.05, 4.69) is 10.4 Å². The smallest absolute Gasteiger partial charge is 0.246 e. The van der Waals surface area contributed by atoms with E-state index in [1.165, 1.54) is 0 Å². The molecule has 2 aliphatic heterocycles. The molecule has 3 aromatic rings. The normalized spacial score (nSPS) is 15.7. The summed E-state index contributed by atoms with van der Waals surface area (Å²) in [5, 5.41) is 7.29. The molecule has 0 unspecified atom stereocenters. The lowest BCUT2D eigenvalue weighted by Gasteiger charge is -2.30. The Kier molecular flexibility index (Phi) is 5.80. The van der Waals surface area contributed by atoms with Crippen LogP contribution >= 0.6 is 0 Å². The zero-order valence-corrected chi connectivity index (χ0v) is 18.0. The quantitative estimate of drug-likeness (QED) is 0.609. The molecule has 33 heavy (non-hydrogen) atoms. The minimum Gasteiger partial charge on any atom is -0.454 e. The van der Waals surface area contributed by atoms with Gasteiger partial charge in [0.05, 0.1) is 11.9 Å². The lowest BCUT2D eigenvalue weighted by molar-refractivity contribution is -0.130. The van der Waals surface area contributed by atoms with Crippen molar-refractivity contribution < 1.29 is 19.1 Å². The molecule has 0 spiro atoms. The van der Waals surface area contributed by atoms with Crippen LogP contribution in [0.1, 0.15) is 18.4 Å². The van der Waals surface area contributed by atoms with Gasteiger partial charge in [-0.1, -0.05) is 18.2 Å². The minimum atomic E-state index is -0.132. The number of carbonyl (C=O) groups is 2. The summed E-state index contributed by atoms with van der Waals surface area (Å²) in [6.45, 7) is 1.29. The fourth-order valence-corrected chi connectivity index (χ4v) is 4.00. The summed E-state index contributed by atoms with van der Waals surface area (Å²) >= 11 is 0. The predicted molar refractivity (Wildman–Crippen MR) is 123 cm³/mol. The number of aromatic nitrogens is 2. The monoisotopic (exact) mass is 444 g/mol. The van der Waals surface area contributed by atoms with Crippen LogP contribution in [-0.2, 0) is 9.59 Å². The first-order chi connectivity index (χ1) is 16.2. The molecule has 0 atom stereocenters. The Morgan fingerprint density at radius 2 is 1.82 bits per heavy atom. The van der Waals surface area contributed by atoms with E-state index >= 15 is 0 Å². The van der Waals surface area contributed by atoms with Gasteiger partial charge in [0, 0.05) is 48.6 Å². The second-order valence-corrected chi connectivity index (χ2v) is 8.04. The molecule has 2 aliphatic rings. The standard InChI is InChI=1S/C25H24N4O4/c30-24(9-6-18-15-26-29(16-18)21-4-2-1-3-5-21)28-12-10-19(11-13-28)25(31)27-20-7-8-22-23(14-20)33-17-32-22/h1-9,14-16,19H,10-13,17H2,(H,27,31). The van der Waals surface area contributed by atoms with Crippen molar-refractivity contribution in [1.82, 2.24) is 14.7 Å². The number of amides is 2. The van der Waals surface area contributed by atoms with Gasteiger partial charge in [0.25, 0.3) is 0 Å². The predicted octanol–water partition coefficient (Wildman–Crippen LogP) is 3.49. The highest BCUT2D eigenvalue weighted by Crippen LogP contribution is 2.34. The summed E-state index contributed by atoms with van der Waals surface area (Å²) in [6, 6.07) is 15.2. The molecule has 5 rings (SSSR count). The molecule has 1 fully saturated rings. The average Bonchev–Trinajstić information content (AvgIpc) is 3.52. The number of nitrogens with zero attached hydrogens (tertiary/aromatic N) is 3. The number of ether oxygens (including phenoxy) is 2. The fourth-order valence-electron chi connectivity index (χ4n) is 4.00. The van der Waals surface area contributed by atoms with Crippen molar-refractivity contribution in [3.63, 3.8) is 0 Å². The largest absolute Gasteiger partial charge is 0.454 e. The Hall–Kier alpha value is -4.07. The molecule has 0 aliphatic carbocycles. The van der Waals surface area contributed by atoms with Crippen molar-refractivity contribution in [3.05, 3.63) is 72.6 Å². The Balaban J connectivity index is 1.12. The third-order valence-corrected chi connectivity index (χ3v) is 5.86. The second-order valence-electron chi connectivity index (χ2n) is 8.04. The van der Waals surface area contributed by atoms with Gasteiger partial charge in [-0.25, -0.2) is 4.68 Å². The van der Waals surface area contributed by atoms with Crippen LogP contribution in [-0.4, -0.2) is 46.4 Å². The summed E-state index contributed by atoms with van der Waals surface area (Å²) in [7, 11) is 0. The van der Waals surface area contributed by atoms with Gasteiger partial charge in [0.15, 0.2) is 11.5 Å². The Labute approximate surface area is 191 Å². The number of rotatable bonds is 5. The van der Waals surface area contributed by atoms with Crippen LogP contribution in [0, 0.1) is 5.92 Å². The van der Waals surface area contributed by atoms with E-state index in [0.29, 0.717) is 43.1 Å². The highest BCUT2D eigenvalue weighted by Gasteiger charge is 2.27. The molecule has 0 bridgehead atoms. The summed E-state index contributed by atoms with van der Waals surface area (Å²) in [5.41, 5.74) is 2.50. The summed E-state index contributed by atoms with van der Waals surface area (Å²) < 4.78 is 12.4. The van der Waals surface area contributed by atoms with Gasteiger partial charge in [-0.05, 0) is 43.2 Å². The van der Waals surface area contributed by atoms with Crippen LogP contribution < -0.4 is 14.8 Å². The van der Waals surface area contributed by atoms with E-state index in [4.69, 9.17) is 9.47 Å². The van der Waals surface area contributed by atoms with Crippen LogP contribution in [0.15, 0.2) is 67.0 Å². The zero-order chi connectivity index (χ0) is 22.6. The SMILES string of the molecule is O=C(Nc1ccc2c(c1)OCO2)C1CCN(C(=O)C=Cc2cnn(-c3ccccc3)c2)CC1.